The zero-order chi connectivity index (χ0) is 11.2. The standard InChI is InChI=1S/C12H20N2OS/c1-2-12-7-10(4-6-15-12)13-5-3-11-8-16-9-14-11/h8-10,12-13H,2-7H2,1H3. The summed E-state index contributed by atoms with van der Waals surface area (Å²) in [5.74, 6) is 0. The Labute approximate surface area is 101 Å². The second kappa shape index (κ2) is 6.33. The Kier molecular flexibility index (Phi) is 4.75. The van der Waals surface area contributed by atoms with Gasteiger partial charge in [0.1, 0.15) is 0 Å². The van der Waals surface area contributed by atoms with Crippen molar-refractivity contribution >= 4 is 11.3 Å². The first kappa shape index (κ1) is 12.0. The maximum atomic E-state index is 5.66. The average Bonchev–Trinajstić information content (AvgIpc) is 2.82. The molecule has 2 unspecified atom stereocenters. The molecule has 4 heteroatoms. The lowest BCUT2D eigenvalue weighted by Gasteiger charge is -2.29. The topological polar surface area (TPSA) is 34.2 Å². The number of hydrogen-bond acceptors (Lipinski definition) is 4. The fraction of sp³-hybridized carbons (Fsp3) is 0.750. The second-order valence-corrected chi connectivity index (χ2v) is 5.02. The van der Waals surface area contributed by atoms with Crippen molar-refractivity contribution in [3.05, 3.63) is 16.6 Å². The first-order valence-electron chi connectivity index (χ1n) is 6.10. The smallest absolute Gasteiger partial charge is 0.0794 e. The Morgan fingerprint density at radius 3 is 3.31 bits per heavy atom. The quantitative estimate of drug-likeness (QED) is 0.857. The molecule has 1 aliphatic heterocycles. The molecule has 1 fully saturated rings. The predicted octanol–water partition coefficient (Wildman–Crippen LogP) is 2.23. The lowest BCUT2D eigenvalue weighted by molar-refractivity contribution is 0.000110. The average molecular weight is 240 g/mol. The maximum Gasteiger partial charge on any atom is 0.0794 e. The third-order valence-corrected chi connectivity index (χ3v) is 3.76. The Bertz CT molecular complexity index is 289. The molecule has 2 heterocycles. The molecule has 1 aromatic heterocycles. The van der Waals surface area contributed by atoms with Crippen LogP contribution in [0.15, 0.2) is 10.9 Å². The lowest BCUT2D eigenvalue weighted by atomic mass is 10.0. The van der Waals surface area contributed by atoms with Gasteiger partial charge in [-0.2, -0.15) is 0 Å². The number of nitrogens with zero attached hydrogens (tertiary/aromatic N) is 1. The van der Waals surface area contributed by atoms with E-state index in [1.54, 1.807) is 11.3 Å². The minimum Gasteiger partial charge on any atom is -0.378 e. The summed E-state index contributed by atoms with van der Waals surface area (Å²) < 4.78 is 5.66. The summed E-state index contributed by atoms with van der Waals surface area (Å²) in [4.78, 5) is 4.28. The monoisotopic (exact) mass is 240 g/mol. The molecule has 0 radical (unpaired) electrons. The van der Waals surface area contributed by atoms with E-state index in [2.05, 4.69) is 22.6 Å². The molecule has 1 saturated heterocycles. The van der Waals surface area contributed by atoms with Gasteiger partial charge in [-0.1, -0.05) is 6.92 Å². The van der Waals surface area contributed by atoms with Crippen LogP contribution in [0.5, 0.6) is 0 Å². The van der Waals surface area contributed by atoms with Crippen LogP contribution >= 0.6 is 11.3 Å². The zero-order valence-corrected chi connectivity index (χ0v) is 10.6. The molecule has 90 valence electrons. The van der Waals surface area contributed by atoms with Gasteiger partial charge in [0, 0.05) is 31.0 Å². The molecule has 1 aliphatic rings. The Hall–Kier alpha value is -0.450. The first-order chi connectivity index (χ1) is 7.88. The van der Waals surface area contributed by atoms with Crippen molar-refractivity contribution in [1.29, 1.82) is 0 Å². The van der Waals surface area contributed by atoms with Crippen LogP contribution in [-0.2, 0) is 11.2 Å². The van der Waals surface area contributed by atoms with Crippen molar-refractivity contribution in [1.82, 2.24) is 10.3 Å². The maximum absolute atomic E-state index is 5.66. The summed E-state index contributed by atoms with van der Waals surface area (Å²) in [6.45, 7) is 4.14. The number of aromatic nitrogens is 1. The summed E-state index contributed by atoms with van der Waals surface area (Å²) >= 11 is 1.67. The molecule has 0 aromatic carbocycles. The Balaban J connectivity index is 1.65. The molecule has 2 atom stereocenters. The highest BCUT2D eigenvalue weighted by Gasteiger charge is 2.20. The molecule has 1 N–H and O–H groups in total. The van der Waals surface area contributed by atoms with E-state index < -0.39 is 0 Å². The fourth-order valence-electron chi connectivity index (χ4n) is 2.12. The Morgan fingerprint density at radius 2 is 2.56 bits per heavy atom. The van der Waals surface area contributed by atoms with Gasteiger partial charge in [0.15, 0.2) is 0 Å². The van der Waals surface area contributed by atoms with E-state index in [1.807, 2.05) is 5.51 Å². The second-order valence-electron chi connectivity index (χ2n) is 4.31. The number of nitrogens with one attached hydrogen (secondary N) is 1. The Morgan fingerprint density at radius 1 is 1.62 bits per heavy atom. The van der Waals surface area contributed by atoms with E-state index in [-0.39, 0.29) is 0 Å². The number of ether oxygens (including phenoxy) is 1. The molecule has 0 spiro atoms. The van der Waals surface area contributed by atoms with Gasteiger partial charge in [0.2, 0.25) is 0 Å². The molecule has 0 bridgehead atoms. The van der Waals surface area contributed by atoms with Crippen molar-refractivity contribution in [2.45, 2.75) is 44.8 Å². The summed E-state index contributed by atoms with van der Waals surface area (Å²) in [5.41, 5.74) is 3.10. The van der Waals surface area contributed by atoms with E-state index in [9.17, 15) is 0 Å². The molecular weight excluding hydrogens is 220 g/mol. The van der Waals surface area contributed by atoms with E-state index in [0.29, 0.717) is 12.1 Å². The number of rotatable bonds is 5. The third kappa shape index (κ3) is 3.54. The number of hydrogen-bond donors (Lipinski definition) is 1. The normalized spacial score (nSPS) is 25.8. The van der Waals surface area contributed by atoms with Gasteiger partial charge in [0.05, 0.1) is 17.3 Å². The molecule has 1 aromatic rings. The largest absolute Gasteiger partial charge is 0.378 e. The first-order valence-corrected chi connectivity index (χ1v) is 7.04. The summed E-state index contributed by atoms with van der Waals surface area (Å²) in [6, 6.07) is 0.636. The minimum atomic E-state index is 0.463. The molecule has 16 heavy (non-hydrogen) atoms. The minimum absolute atomic E-state index is 0.463. The van der Waals surface area contributed by atoms with Gasteiger partial charge in [0.25, 0.3) is 0 Å². The highest BCUT2D eigenvalue weighted by atomic mass is 32.1. The van der Waals surface area contributed by atoms with E-state index in [1.165, 1.54) is 5.69 Å². The van der Waals surface area contributed by atoms with E-state index in [4.69, 9.17) is 4.74 Å². The zero-order valence-electron chi connectivity index (χ0n) is 9.82. The van der Waals surface area contributed by atoms with Crippen LogP contribution in [0.1, 0.15) is 31.9 Å². The van der Waals surface area contributed by atoms with Crippen LogP contribution < -0.4 is 5.32 Å². The van der Waals surface area contributed by atoms with Gasteiger partial charge in [-0.05, 0) is 19.3 Å². The van der Waals surface area contributed by atoms with Crippen molar-refractivity contribution in [3.8, 4) is 0 Å². The fourth-order valence-corrected chi connectivity index (χ4v) is 2.71. The van der Waals surface area contributed by atoms with Crippen LogP contribution in [0, 0.1) is 0 Å². The van der Waals surface area contributed by atoms with Crippen molar-refractivity contribution in [3.63, 3.8) is 0 Å². The molecule has 0 saturated carbocycles. The SMILES string of the molecule is CCC1CC(NCCc2cscn2)CCO1. The molecular formula is C12H20N2OS. The van der Waals surface area contributed by atoms with Crippen LogP contribution in [0.4, 0.5) is 0 Å². The number of thiazole rings is 1. The summed E-state index contributed by atoms with van der Waals surface area (Å²) in [7, 11) is 0. The van der Waals surface area contributed by atoms with Gasteiger partial charge in [-0.3, -0.25) is 0 Å². The van der Waals surface area contributed by atoms with Crippen LogP contribution in [-0.4, -0.2) is 30.3 Å². The summed E-state index contributed by atoms with van der Waals surface area (Å²) in [6.07, 6.45) is 4.94. The molecule has 0 aliphatic carbocycles. The molecule has 2 rings (SSSR count). The third-order valence-electron chi connectivity index (χ3n) is 3.12. The van der Waals surface area contributed by atoms with Crippen LogP contribution in [0.25, 0.3) is 0 Å². The van der Waals surface area contributed by atoms with Crippen LogP contribution in [0.2, 0.25) is 0 Å². The summed E-state index contributed by atoms with van der Waals surface area (Å²) in [5, 5.41) is 5.73. The van der Waals surface area contributed by atoms with Gasteiger partial charge >= 0.3 is 0 Å². The van der Waals surface area contributed by atoms with Crippen molar-refractivity contribution in [2.75, 3.05) is 13.2 Å². The van der Waals surface area contributed by atoms with Gasteiger partial charge in [-0.25, -0.2) is 4.98 Å². The molecule has 3 nitrogen and oxygen atoms in total. The lowest BCUT2D eigenvalue weighted by Crippen LogP contribution is -2.39. The van der Waals surface area contributed by atoms with E-state index in [0.717, 1.165) is 38.8 Å². The van der Waals surface area contributed by atoms with Gasteiger partial charge < -0.3 is 10.1 Å². The highest BCUT2D eigenvalue weighted by molar-refractivity contribution is 7.07. The van der Waals surface area contributed by atoms with Crippen molar-refractivity contribution < 1.29 is 4.74 Å². The highest BCUT2D eigenvalue weighted by Crippen LogP contribution is 2.16. The van der Waals surface area contributed by atoms with E-state index >= 15 is 0 Å². The predicted molar refractivity (Wildman–Crippen MR) is 66.9 cm³/mol. The van der Waals surface area contributed by atoms with Crippen molar-refractivity contribution in [2.24, 2.45) is 0 Å². The van der Waals surface area contributed by atoms with Gasteiger partial charge in [-0.15, -0.1) is 11.3 Å². The molecule has 0 amide bonds. The van der Waals surface area contributed by atoms with Crippen LogP contribution in [0.3, 0.4) is 0 Å².